The van der Waals surface area contributed by atoms with Gasteiger partial charge in [0.2, 0.25) is 19.5 Å². The Balaban J connectivity index is 0.000000143. The van der Waals surface area contributed by atoms with E-state index in [0.29, 0.717) is 36.9 Å². The van der Waals surface area contributed by atoms with Gasteiger partial charge < -0.3 is 34.2 Å². The molecule has 2 aliphatic carbocycles. The summed E-state index contributed by atoms with van der Waals surface area (Å²) in [5, 5.41) is 0. The van der Waals surface area contributed by atoms with Crippen molar-refractivity contribution < 1.29 is 33.2 Å². The van der Waals surface area contributed by atoms with E-state index in [2.05, 4.69) is 58.0 Å². The Kier molecular flexibility index (Phi) is 7.87. The number of carbonyl (C=O) groups is 1. The van der Waals surface area contributed by atoms with Gasteiger partial charge in [0.1, 0.15) is 0 Å². The minimum absolute atomic E-state index is 0.0218. The lowest BCUT2D eigenvalue weighted by atomic mass is 9.49. The Morgan fingerprint density at radius 2 is 1.35 bits per heavy atom. The molecule has 7 atom stereocenters. The van der Waals surface area contributed by atoms with E-state index in [9.17, 15) is 4.79 Å². The number of primary amides is 1. The van der Waals surface area contributed by atoms with Gasteiger partial charge in [-0.1, -0.05) is 64.4 Å². The average Bonchev–Trinajstić information content (AvgIpc) is 3.89. The first-order chi connectivity index (χ1) is 23.2. The van der Waals surface area contributed by atoms with Gasteiger partial charge in [-0.2, -0.15) is 0 Å². The van der Waals surface area contributed by atoms with Gasteiger partial charge in [-0.25, -0.2) is 0 Å². The van der Waals surface area contributed by atoms with Crippen LogP contribution in [0.5, 0.6) is 23.0 Å². The number of amides is 1. The molecule has 3 aromatic rings. The lowest BCUT2D eigenvalue weighted by Gasteiger charge is -2.54. The van der Waals surface area contributed by atoms with Crippen LogP contribution in [0, 0.1) is 23.2 Å². The van der Waals surface area contributed by atoms with Gasteiger partial charge in [-0.05, 0) is 95.0 Å². The van der Waals surface area contributed by atoms with Crippen LogP contribution in [0.15, 0.2) is 54.6 Å². The van der Waals surface area contributed by atoms with Gasteiger partial charge in [0, 0.05) is 17.3 Å². The molecule has 0 spiro atoms. The van der Waals surface area contributed by atoms with E-state index < -0.39 is 0 Å². The maximum atomic E-state index is 12.2. The molecule has 1 saturated carbocycles. The predicted molar refractivity (Wildman–Crippen MR) is 180 cm³/mol. The van der Waals surface area contributed by atoms with E-state index in [1.54, 1.807) is 0 Å². The first-order valence-corrected chi connectivity index (χ1v) is 17.6. The second-order valence-electron chi connectivity index (χ2n) is 15.3. The second kappa shape index (κ2) is 12.0. The first-order valence-electron chi connectivity index (χ1n) is 17.6. The third-order valence-electron chi connectivity index (χ3n) is 12.3. The molecule has 48 heavy (non-hydrogen) atoms. The zero-order chi connectivity index (χ0) is 33.2. The SMILES string of the molecule is CC(C)c1ccc2c(c1)CCC1C(C)(C(N)=O)CCCC21C.c1cc2c(cc1C1OCC3C(c4ccc5c(c4)OCO5)OCC13)OCO2. The molecule has 9 rings (SSSR count). The Bertz CT molecular complexity index is 1650. The summed E-state index contributed by atoms with van der Waals surface area (Å²) in [5.41, 5.74) is 12.2. The third kappa shape index (κ3) is 5.14. The molecule has 3 aromatic carbocycles. The number of benzene rings is 3. The number of ether oxygens (including phenoxy) is 6. The summed E-state index contributed by atoms with van der Waals surface area (Å²) in [6.07, 6.45) is 5.43. The monoisotopic (exact) mass is 653 g/mol. The zero-order valence-corrected chi connectivity index (χ0v) is 28.5. The zero-order valence-electron chi connectivity index (χ0n) is 28.5. The average molecular weight is 654 g/mol. The highest BCUT2D eigenvalue weighted by molar-refractivity contribution is 5.81. The molecule has 2 N–H and O–H groups in total. The Morgan fingerprint density at radius 1 is 0.771 bits per heavy atom. The van der Waals surface area contributed by atoms with Crippen LogP contribution in [0.3, 0.4) is 0 Å². The van der Waals surface area contributed by atoms with Crippen molar-refractivity contribution in [3.8, 4) is 23.0 Å². The molecule has 0 radical (unpaired) electrons. The van der Waals surface area contributed by atoms with Crippen LogP contribution >= 0.6 is 0 Å². The van der Waals surface area contributed by atoms with Crippen molar-refractivity contribution in [2.75, 3.05) is 26.8 Å². The summed E-state index contributed by atoms with van der Waals surface area (Å²) in [5.74, 6) is 4.67. The molecule has 0 aromatic heterocycles. The molecule has 4 aliphatic heterocycles. The van der Waals surface area contributed by atoms with Gasteiger partial charge in [-0.3, -0.25) is 4.79 Å². The van der Waals surface area contributed by atoms with Crippen molar-refractivity contribution in [3.63, 3.8) is 0 Å². The van der Waals surface area contributed by atoms with Crippen LogP contribution in [-0.4, -0.2) is 32.7 Å². The largest absolute Gasteiger partial charge is 0.454 e. The van der Waals surface area contributed by atoms with E-state index in [-0.39, 0.29) is 42.5 Å². The Morgan fingerprint density at radius 3 is 1.92 bits per heavy atom. The summed E-state index contributed by atoms with van der Waals surface area (Å²) >= 11 is 0. The highest BCUT2D eigenvalue weighted by Gasteiger charge is 2.54. The fraction of sp³-hybridized carbons (Fsp3) is 0.525. The number of rotatable bonds is 4. The van der Waals surface area contributed by atoms with Crippen LogP contribution in [0.1, 0.15) is 99.3 Å². The lowest BCUT2D eigenvalue weighted by molar-refractivity contribution is -0.135. The van der Waals surface area contributed by atoms with E-state index in [1.807, 2.05) is 24.3 Å². The first kappa shape index (κ1) is 31.5. The van der Waals surface area contributed by atoms with Crippen LogP contribution in [-0.2, 0) is 26.1 Å². The molecule has 6 aliphatic rings. The Labute approximate surface area is 283 Å². The van der Waals surface area contributed by atoms with Crippen molar-refractivity contribution in [3.05, 3.63) is 82.4 Å². The molecule has 8 nitrogen and oxygen atoms in total. The lowest BCUT2D eigenvalue weighted by Crippen LogP contribution is -2.54. The molecular weight excluding hydrogens is 606 g/mol. The van der Waals surface area contributed by atoms with Gasteiger partial charge in [0.05, 0.1) is 25.4 Å². The number of aryl methyl sites for hydroxylation is 1. The van der Waals surface area contributed by atoms with E-state index in [1.165, 1.54) is 23.1 Å². The maximum Gasteiger partial charge on any atom is 0.231 e. The number of nitrogens with two attached hydrogens (primary N) is 1. The summed E-state index contributed by atoms with van der Waals surface area (Å²) < 4.78 is 34.2. The van der Waals surface area contributed by atoms with Crippen LogP contribution in [0.25, 0.3) is 0 Å². The topological polar surface area (TPSA) is 98.5 Å². The van der Waals surface area contributed by atoms with Gasteiger partial charge in [0.25, 0.3) is 0 Å². The number of carbonyl (C=O) groups excluding carboxylic acids is 1. The minimum Gasteiger partial charge on any atom is -0.454 e. The quantitative estimate of drug-likeness (QED) is 0.311. The molecular formula is C40H47NO7. The van der Waals surface area contributed by atoms with Crippen molar-refractivity contribution in [1.82, 2.24) is 0 Å². The predicted octanol–water partition coefficient (Wildman–Crippen LogP) is 7.52. The van der Waals surface area contributed by atoms with Crippen molar-refractivity contribution in [1.29, 1.82) is 0 Å². The molecule has 0 bridgehead atoms. The fourth-order valence-corrected chi connectivity index (χ4v) is 9.58. The normalized spacial score (nSPS) is 32.2. The Hall–Kier alpha value is -3.75. The van der Waals surface area contributed by atoms with Crippen LogP contribution in [0.4, 0.5) is 0 Å². The molecule has 1 amide bonds. The van der Waals surface area contributed by atoms with Crippen LogP contribution < -0.4 is 24.7 Å². The van der Waals surface area contributed by atoms with E-state index in [0.717, 1.165) is 59.8 Å². The van der Waals surface area contributed by atoms with Gasteiger partial charge in [-0.15, -0.1) is 0 Å². The number of hydrogen-bond donors (Lipinski definition) is 1. The summed E-state index contributed by atoms with van der Waals surface area (Å²) in [4.78, 5) is 12.2. The molecule has 8 heteroatoms. The van der Waals surface area contributed by atoms with Crippen LogP contribution in [0.2, 0.25) is 0 Å². The minimum atomic E-state index is -0.346. The molecule has 254 valence electrons. The third-order valence-corrected chi connectivity index (χ3v) is 12.3. The number of hydrogen-bond acceptors (Lipinski definition) is 7. The van der Waals surface area contributed by atoms with Crippen molar-refractivity contribution >= 4 is 5.91 Å². The molecule has 4 heterocycles. The summed E-state index contributed by atoms with van der Waals surface area (Å²) in [7, 11) is 0. The van der Waals surface area contributed by atoms with E-state index in [4.69, 9.17) is 34.2 Å². The molecule has 3 fully saturated rings. The van der Waals surface area contributed by atoms with Gasteiger partial charge >= 0.3 is 0 Å². The highest BCUT2D eigenvalue weighted by Crippen LogP contribution is 2.57. The maximum absolute atomic E-state index is 12.2. The number of fused-ring (bicyclic) bond motifs is 6. The van der Waals surface area contributed by atoms with E-state index >= 15 is 0 Å². The summed E-state index contributed by atoms with van der Waals surface area (Å²) in [6, 6.07) is 19.1. The summed E-state index contributed by atoms with van der Waals surface area (Å²) in [6.45, 7) is 10.9. The highest BCUT2D eigenvalue weighted by atomic mass is 16.7. The van der Waals surface area contributed by atoms with Gasteiger partial charge in [0.15, 0.2) is 23.0 Å². The molecule has 7 unspecified atom stereocenters. The van der Waals surface area contributed by atoms with Crippen molar-refractivity contribution in [2.45, 2.75) is 83.3 Å². The smallest absolute Gasteiger partial charge is 0.231 e. The standard InChI is InChI=1S/C20H29NO.C20H18O6/c1-13(2)14-6-8-16-15(12-14)7-9-17-19(16,3)10-5-11-20(17,4)18(21)22;1-3-15-17(25-9-23-15)5-11(1)19-13-7-22-20(14(13)8-21-19)12-2-4-16-18(6-12)26-10-24-16/h6,8,12-13,17H,5,7,9-11H2,1-4H3,(H2,21,22);1-6,13-14,19-20H,7-10H2. The second-order valence-corrected chi connectivity index (χ2v) is 15.3. The molecule has 2 saturated heterocycles. The van der Waals surface area contributed by atoms with Crippen molar-refractivity contribution in [2.24, 2.45) is 28.9 Å². The fourth-order valence-electron chi connectivity index (χ4n) is 9.58.